The van der Waals surface area contributed by atoms with Crippen LogP contribution in [0.15, 0.2) is 30.6 Å². The minimum absolute atomic E-state index is 0.0507. The normalized spacial score (nSPS) is 10.4. The lowest BCUT2D eigenvalue weighted by Crippen LogP contribution is -2.06. The van der Waals surface area contributed by atoms with Gasteiger partial charge in [-0.15, -0.1) is 0 Å². The maximum absolute atomic E-state index is 10.5. The first-order valence-electron chi connectivity index (χ1n) is 4.91. The van der Waals surface area contributed by atoms with Gasteiger partial charge >= 0.3 is 0 Å². The summed E-state index contributed by atoms with van der Waals surface area (Å²) >= 11 is 0. The third kappa shape index (κ3) is 2.45. The Labute approximate surface area is 96.5 Å². The zero-order chi connectivity index (χ0) is 12.3. The molecule has 0 saturated carbocycles. The summed E-state index contributed by atoms with van der Waals surface area (Å²) in [5.74, 6) is 0.461. The van der Waals surface area contributed by atoms with Gasteiger partial charge in [0.25, 0.3) is 5.69 Å². The van der Waals surface area contributed by atoms with Crippen LogP contribution in [0.2, 0.25) is 0 Å². The third-order valence-electron chi connectivity index (χ3n) is 2.32. The van der Waals surface area contributed by atoms with Crippen molar-refractivity contribution in [1.82, 2.24) is 14.8 Å². The second-order valence-corrected chi connectivity index (χ2v) is 3.42. The zero-order valence-electron chi connectivity index (χ0n) is 8.85. The number of aromatic nitrogens is 3. The predicted octanol–water partition coefficient (Wildman–Crippen LogP) is 0.727. The molecule has 7 nitrogen and oxygen atoms in total. The molecular formula is C10H10N4O3. The van der Waals surface area contributed by atoms with E-state index in [0.717, 1.165) is 5.56 Å². The highest BCUT2D eigenvalue weighted by molar-refractivity contribution is 5.32. The molecule has 2 rings (SSSR count). The monoisotopic (exact) mass is 234 g/mol. The molecule has 17 heavy (non-hydrogen) atoms. The molecule has 1 N–H and O–H groups in total. The minimum atomic E-state index is -0.446. The van der Waals surface area contributed by atoms with Crippen molar-refractivity contribution in [2.24, 2.45) is 0 Å². The number of hydrogen-bond acceptors (Lipinski definition) is 5. The van der Waals surface area contributed by atoms with Gasteiger partial charge in [0.05, 0.1) is 11.5 Å². The molecule has 1 aromatic carbocycles. The Kier molecular flexibility index (Phi) is 3.10. The zero-order valence-corrected chi connectivity index (χ0v) is 8.85. The fourth-order valence-electron chi connectivity index (χ4n) is 1.44. The standard InChI is InChI=1S/C10H10N4O3/c15-6-10-11-7-12-13(10)5-8-1-3-9(4-2-8)14(16)17/h1-4,7,15H,5-6H2. The molecule has 0 aliphatic heterocycles. The number of aliphatic hydroxyl groups excluding tert-OH is 1. The van der Waals surface area contributed by atoms with Gasteiger partial charge in [-0.1, -0.05) is 12.1 Å². The van der Waals surface area contributed by atoms with Crippen molar-refractivity contribution in [2.45, 2.75) is 13.2 Å². The minimum Gasteiger partial charge on any atom is -0.388 e. The number of benzene rings is 1. The van der Waals surface area contributed by atoms with Gasteiger partial charge in [0.15, 0.2) is 5.82 Å². The number of nitro benzene ring substituents is 1. The van der Waals surface area contributed by atoms with E-state index >= 15 is 0 Å². The van der Waals surface area contributed by atoms with E-state index in [4.69, 9.17) is 5.11 Å². The Hall–Kier alpha value is -2.28. The second-order valence-electron chi connectivity index (χ2n) is 3.42. The molecule has 0 aliphatic carbocycles. The first-order valence-corrected chi connectivity index (χ1v) is 4.91. The molecule has 0 radical (unpaired) electrons. The van der Waals surface area contributed by atoms with Gasteiger partial charge in [-0.05, 0) is 5.56 Å². The van der Waals surface area contributed by atoms with Crippen LogP contribution in [0.3, 0.4) is 0 Å². The summed E-state index contributed by atoms with van der Waals surface area (Å²) in [5, 5.41) is 23.4. The van der Waals surface area contributed by atoms with Crippen LogP contribution in [-0.4, -0.2) is 24.8 Å². The maximum atomic E-state index is 10.5. The van der Waals surface area contributed by atoms with Crippen LogP contribution >= 0.6 is 0 Å². The summed E-state index contributed by atoms with van der Waals surface area (Å²) in [4.78, 5) is 13.9. The van der Waals surface area contributed by atoms with Crippen molar-refractivity contribution < 1.29 is 10.0 Å². The van der Waals surface area contributed by atoms with E-state index in [1.54, 1.807) is 16.8 Å². The van der Waals surface area contributed by atoms with Crippen LogP contribution in [0.1, 0.15) is 11.4 Å². The Morgan fingerprint density at radius 3 is 2.65 bits per heavy atom. The molecule has 0 aliphatic rings. The number of nitrogens with zero attached hydrogens (tertiary/aromatic N) is 4. The molecule has 0 amide bonds. The average molecular weight is 234 g/mol. The van der Waals surface area contributed by atoms with Crippen LogP contribution in [-0.2, 0) is 13.2 Å². The van der Waals surface area contributed by atoms with Crippen molar-refractivity contribution >= 4 is 5.69 Å². The molecule has 1 heterocycles. The Morgan fingerprint density at radius 1 is 1.35 bits per heavy atom. The number of hydrogen-bond donors (Lipinski definition) is 1. The van der Waals surface area contributed by atoms with Crippen LogP contribution < -0.4 is 0 Å². The summed E-state index contributed by atoms with van der Waals surface area (Å²) in [6, 6.07) is 6.18. The summed E-state index contributed by atoms with van der Waals surface area (Å²) in [6.07, 6.45) is 1.36. The highest BCUT2D eigenvalue weighted by atomic mass is 16.6. The Balaban J connectivity index is 2.16. The lowest BCUT2D eigenvalue weighted by Gasteiger charge is -2.03. The fraction of sp³-hybridized carbons (Fsp3) is 0.200. The fourth-order valence-corrected chi connectivity index (χ4v) is 1.44. The predicted molar refractivity (Wildman–Crippen MR) is 58.1 cm³/mol. The van der Waals surface area contributed by atoms with Gasteiger partial charge < -0.3 is 5.11 Å². The number of non-ortho nitro benzene ring substituents is 1. The molecule has 0 fully saturated rings. The second kappa shape index (κ2) is 4.71. The number of rotatable bonds is 4. The molecule has 88 valence electrons. The first kappa shape index (κ1) is 11.2. The lowest BCUT2D eigenvalue weighted by atomic mass is 10.2. The first-order chi connectivity index (χ1) is 8.20. The third-order valence-corrected chi connectivity index (χ3v) is 2.32. The molecule has 0 bridgehead atoms. The Bertz CT molecular complexity index is 521. The molecule has 2 aromatic rings. The molecule has 0 saturated heterocycles. The van der Waals surface area contributed by atoms with E-state index in [9.17, 15) is 10.1 Å². The van der Waals surface area contributed by atoms with Crippen LogP contribution in [0.4, 0.5) is 5.69 Å². The van der Waals surface area contributed by atoms with E-state index in [-0.39, 0.29) is 12.3 Å². The van der Waals surface area contributed by atoms with Crippen LogP contribution in [0.5, 0.6) is 0 Å². The molecule has 0 unspecified atom stereocenters. The van der Waals surface area contributed by atoms with Crippen molar-refractivity contribution in [2.75, 3.05) is 0 Å². The Morgan fingerprint density at radius 2 is 2.06 bits per heavy atom. The quantitative estimate of drug-likeness (QED) is 0.621. The highest BCUT2D eigenvalue weighted by Gasteiger charge is 2.06. The number of aliphatic hydroxyl groups is 1. The van der Waals surface area contributed by atoms with Crippen LogP contribution in [0, 0.1) is 10.1 Å². The van der Waals surface area contributed by atoms with Gasteiger partial charge in [-0.2, -0.15) is 5.10 Å². The van der Waals surface area contributed by atoms with Gasteiger partial charge in [0.1, 0.15) is 12.9 Å². The largest absolute Gasteiger partial charge is 0.388 e. The van der Waals surface area contributed by atoms with Gasteiger partial charge in [0, 0.05) is 12.1 Å². The molecule has 0 spiro atoms. The van der Waals surface area contributed by atoms with Crippen molar-refractivity contribution in [3.8, 4) is 0 Å². The van der Waals surface area contributed by atoms with Gasteiger partial charge in [0.2, 0.25) is 0 Å². The highest BCUT2D eigenvalue weighted by Crippen LogP contribution is 2.12. The van der Waals surface area contributed by atoms with Crippen molar-refractivity contribution in [3.63, 3.8) is 0 Å². The molecule has 0 atom stereocenters. The van der Waals surface area contributed by atoms with E-state index < -0.39 is 4.92 Å². The van der Waals surface area contributed by atoms with Gasteiger partial charge in [-0.3, -0.25) is 10.1 Å². The van der Waals surface area contributed by atoms with Crippen molar-refractivity contribution in [3.05, 3.63) is 52.1 Å². The van der Waals surface area contributed by atoms with E-state index in [1.165, 1.54) is 18.5 Å². The maximum Gasteiger partial charge on any atom is 0.269 e. The summed E-state index contributed by atoms with van der Waals surface area (Å²) in [7, 11) is 0. The van der Waals surface area contributed by atoms with Crippen molar-refractivity contribution in [1.29, 1.82) is 0 Å². The SMILES string of the molecule is O=[N+]([O-])c1ccc(Cn2ncnc2CO)cc1. The lowest BCUT2D eigenvalue weighted by molar-refractivity contribution is -0.384. The smallest absolute Gasteiger partial charge is 0.269 e. The summed E-state index contributed by atoms with van der Waals surface area (Å²) < 4.78 is 1.54. The number of nitro groups is 1. The summed E-state index contributed by atoms with van der Waals surface area (Å²) in [5.41, 5.74) is 0.908. The van der Waals surface area contributed by atoms with E-state index in [1.807, 2.05) is 0 Å². The van der Waals surface area contributed by atoms with E-state index in [2.05, 4.69) is 10.1 Å². The average Bonchev–Trinajstić information content (AvgIpc) is 2.77. The molecular weight excluding hydrogens is 224 g/mol. The van der Waals surface area contributed by atoms with Gasteiger partial charge in [-0.25, -0.2) is 9.67 Å². The van der Waals surface area contributed by atoms with E-state index in [0.29, 0.717) is 12.4 Å². The summed E-state index contributed by atoms with van der Waals surface area (Å²) in [6.45, 7) is 0.237. The van der Waals surface area contributed by atoms with Crippen LogP contribution in [0.25, 0.3) is 0 Å². The topological polar surface area (TPSA) is 94.1 Å². The molecule has 1 aromatic heterocycles. The molecule has 7 heteroatoms.